The fourth-order valence-corrected chi connectivity index (χ4v) is 8.16. The Kier molecular flexibility index (Phi) is 7.28. The highest BCUT2D eigenvalue weighted by Crippen LogP contribution is 2.40. The van der Waals surface area contributed by atoms with E-state index in [4.69, 9.17) is 14.7 Å². The molecule has 5 heterocycles. The van der Waals surface area contributed by atoms with Gasteiger partial charge < -0.3 is 19.6 Å². The molecule has 2 aromatic carbocycles. The minimum atomic E-state index is -0.243. The molecular formula is C34H45N5O2. The van der Waals surface area contributed by atoms with E-state index >= 15 is 0 Å². The first-order chi connectivity index (χ1) is 20.0. The average molecular weight is 556 g/mol. The first kappa shape index (κ1) is 27.0. The molecule has 7 heteroatoms. The number of fused-ring (bicyclic) bond motifs is 3. The summed E-state index contributed by atoms with van der Waals surface area (Å²) in [4.78, 5) is 17.8. The second kappa shape index (κ2) is 11.1. The van der Waals surface area contributed by atoms with E-state index in [1.165, 1.54) is 66.4 Å². The molecule has 0 saturated carbocycles. The number of hydrogen-bond donors (Lipinski definition) is 1. The highest BCUT2D eigenvalue weighted by atomic mass is 16.5. The lowest BCUT2D eigenvalue weighted by atomic mass is 9.95. The van der Waals surface area contributed by atoms with Gasteiger partial charge in [0.1, 0.15) is 12.4 Å². The van der Waals surface area contributed by atoms with Crippen LogP contribution < -0.4 is 14.5 Å². The molecule has 0 bridgehead atoms. The number of aromatic nitrogens is 2. The number of nitrogens with zero attached hydrogens (tertiary/aromatic N) is 5. The summed E-state index contributed by atoms with van der Waals surface area (Å²) >= 11 is 0. The molecule has 3 fully saturated rings. The normalized spacial score (nSPS) is 24.4. The highest BCUT2D eigenvalue weighted by molar-refractivity contribution is 5.97. The van der Waals surface area contributed by atoms with E-state index in [1.807, 2.05) is 0 Å². The fraction of sp³-hybridized carbons (Fsp3) is 0.588. The summed E-state index contributed by atoms with van der Waals surface area (Å²) in [6.07, 6.45) is 8.23. The molecule has 218 valence electrons. The number of benzene rings is 2. The van der Waals surface area contributed by atoms with E-state index in [9.17, 15) is 5.11 Å². The van der Waals surface area contributed by atoms with Crippen molar-refractivity contribution < 1.29 is 9.84 Å². The average Bonchev–Trinajstić information content (AvgIpc) is 3.52. The number of rotatable bonds is 6. The topological polar surface area (TPSA) is 65.0 Å². The van der Waals surface area contributed by atoms with Crippen molar-refractivity contribution in [1.82, 2.24) is 14.9 Å². The van der Waals surface area contributed by atoms with Crippen LogP contribution in [0, 0.1) is 5.92 Å². The first-order valence-corrected chi connectivity index (χ1v) is 16.0. The van der Waals surface area contributed by atoms with Crippen molar-refractivity contribution in [3.05, 3.63) is 53.2 Å². The summed E-state index contributed by atoms with van der Waals surface area (Å²) in [5, 5.41) is 13.2. The molecule has 2 unspecified atom stereocenters. The van der Waals surface area contributed by atoms with E-state index in [0.29, 0.717) is 18.5 Å². The summed E-state index contributed by atoms with van der Waals surface area (Å²) in [5.41, 5.74) is 5.20. The van der Waals surface area contributed by atoms with Crippen LogP contribution in [0.1, 0.15) is 69.2 Å². The molecule has 0 aliphatic carbocycles. The Balaban J connectivity index is 1.24. The van der Waals surface area contributed by atoms with Gasteiger partial charge in [-0.2, -0.15) is 9.97 Å². The van der Waals surface area contributed by atoms with Gasteiger partial charge in [-0.05, 0) is 87.4 Å². The molecule has 0 amide bonds. The van der Waals surface area contributed by atoms with Gasteiger partial charge in [0.05, 0.1) is 23.9 Å². The molecule has 7 rings (SSSR count). The van der Waals surface area contributed by atoms with Gasteiger partial charge >= 0.3 is 6.01 Å². The van der Waals surface area contributed by atoms with Gasteiger partial charge in [-0.25, -0.2) is 0 Å². The van der Waals surface area contributed by atoms with Gasteiger partial charge in [-0.3, -0.25) is 4.90 Å². The summed E-state index contributed by atoms with van der Waals surface area (Å²) in [6, 6.07) is 13.9. The Morgan fingerprint density at radius 3 is 2.61 bits per heavy atom. The quantitative estimate of drug-likeness (QED) is 0.439. The molecule has 0 radical (unpaired) electrons. The Morgan fingerprint density at radius 1 is 1.00 bits per heavy atom. The third-order valence-corrected chi connectivity index (χ3v) is 10.2. The standard InChI is InChI=1S/C34H45N5O2/c1-3-25-8-4-9-26-10-5-11-30(31(25)26)37-19-13-28-29(22-37)35-33(41-23-34-14-6-16-39(34)17-7-15-34)36-32(28)38-18-12-27(40)20-24(2)21-38/h4-5,8-11,24,27,40H,3,6-7,12-23H2,1-2H3. The Hall–Kier alpha value is -2.90. The maximum Gasteiger partial charge on any atom is 0.318 e. The first-order valence-electron chi connectivity index (χ1n) is 16.0. The SMILES string of the molecule is CCc1cccc2cccc(N3CCc4c(nc(OCC56CCCN5CCC6)nc4N4CCC(O)CC(C)C4)C3)c12. The summed E-state index contributed by atoms with van der Waals surface area (Å²) in [5.74, 6) is 1.44. The molecule has 4 aliphatic heterocycles. The van der Waals surface area contributed by atoms with Crippen LogP contribution in [0.4, 0.5) is 11.5 Å². The number of aliphatic hydroxyl groups is 1. The van der Waals surface area contributed by atoms with Gasteiger partial charge in [-0.1, -0.05) is 44.2 Å². The zero-order chi connectivity index (χ0) is 28.0. The highest BCUT2D eigenvalue weighted by Gasteiger charge is 2.45. The smallest absolute Gasteiger partial charge is 0.318 e. The van der Waals surface area contributed by atoms with Crippen molar-refractivity contribution in [1.29, 1.82) is 0 Å². The van der Waals surface area contributed by atoms with Crippen molar-refractivity contribution in [2.24, 2.45) is 5.92 Å². The van der Waals surface area contributed by atoms with Crippen LogP contribution >= 0.6 is 0 Å². The number of hydrogen-bond acceptors (Lipinski definition) is 7. The second-order valence-corrected chi connectivity index (χ2v) is 13.0. The summed E-state index contributed by atoms with van der Waals surface area (Å²) in [6.45, 7) is 11.0. The predicted octanol–water partition coefficient (Wildman–Crippen LogP) is 5.36. The maximum absolute atomic E-state index is 10.5. The van der Waals surface area contributed by atoms with Crippen LogP contribution in [0.5, 0.6) is 6.01 Å². The van der Waals surface area contributed by atoms with Crippen LogP contribution in [0.2, 0.25) is 0 Å². The van der Waals surface area contributed by atoms with Crippen LogP contribution in [0.25, 0.3) is 10.8 Å². The van der Waals surface area contributed by atoms with Crippen LogP contribution in [0.3, 0.4) is 0 Å². The second-order valence-electron chi connectivity index (χ2n) is 13.0. The predicted molar refractivity (Wildman–Crippen MR) is 165 cm³/mol. The lowest BCUT2D eigenvalue weighted by Crippen LogP contribution is -2.43. The molecule has 41 heavy (non-hydrogen) atoms. The zero-order valence-electron chi connectivity index (χ0n) is 24.8. The number of anilines is 2. The van der Waals surface area contributed by atoms with Crippen LogP contribution in [-0.4, -0.2) is 70.9 Å². The van der Waals surface area contributed by atoms with Gasteiger partial charge in [0.15, 0.2) is 0 Å². The van der Waals surface area contributed by atoms with Crippen molar-refractivity contribution in [2.75, 3.05) is 49.1 Å². The van der Waals surface area contributed by atoms with Crippen LogP contribution in [0.15, 0.2) is 36.4 Å². The monoisotopic (exact) mass is 555 g/mol. The van der Waals surface area contributed by atoms with Crippen molar-refractivity contribution >= 4 is 22.3 Å². The Labute approximate surface area is 244 Å². The largest absolute Gasteiger partial charge is 0.461 e. The number of aliphatic hydroxyl groups excluding tert-OH is 1. The van der Waals surface area contributed by atoms with Crippen molar-refractivity contribution in [3.8, 4) is 6.01 Å². The molecule has 7 nitrogen and oxygen atoms in total. The molecule has 0 spiro atoms. The lowest BCUT2D eigenvalue weighted by Gasteiger charge is -2.35. The van der Waals surface area contributed by atoms with Crippen molar-refractivity contribution in [3.63, 3.8) is 0 Å². The number of aryl methyl sites for hydroxylation is 1. The maximum atomic E-state index is 10.5. The minimum Gasteiger partial charge on any atom is -0.461 e. The minimum absolute atomic E-state index is 0.159. The molecular weight excluding hydrogens is 510 g/mol. The fourth-order valence-electron chi connectivity index (χ4n) is 8.16. The Bertz CT molecular complexity index is 1390. The molecule has 2 atom stereocenters. The Morgan fingerprint density at radius 2 is 1.80 bits per heavy atom. The molecule has 3 aromatic rings. The van der Waals surface area contributed by atoms with Crippen molar-refractivity contribution in [2.45, 2.75) is 83.4 Å². The van der Waals surface area contributed by atoms with Gasteiger partial charge in [0.25, 0.3) is 0 Å². The zero-order valence-corrected chi connectivity index (χ0v) is 24.8. The van der Waals surface area contributed by atoms with E-state index in [2.05, 4.69) is 64.9 Å². The summed E-state index contributed by atoms with van der Waals surface area (Å²) < 4.78 is 6.56. The van der Waals surface area contributed by atoms with Gasteiger partial charge in [0.2, 0.25) is 0 Å². The van der Waals surface area contributed by atoms with E-state index in [-0.39, 0.29) is 11.6 Å². The third kappa shape index (κ3) is 5.05. The molecule has 3 saturated heterocycles. The lowest BCUT2D eigenvalue weighted by molar-refractivity contribution is 0.107. The summed E-state index contributed by atoms with van der Waals surface area (Å²) in [7, 11) is 0. The van der Waals surface area contributed by atoms with Crippen LogP contribution in [-0.2, 0) is 19.4 Å². The molecule has 1 N–H and O–H groups in total. The van der Waals surface area contributed by atoms with E-state index in [1.54, 1.807) is 0 Å². The van der Waals surface area contributed by atoms with Gasteiger partial charge in [-0.15, -0.1) is 0 Å². The van der Waals surface area contributed by atoms with Gasteiger partial charge in [0, 0.05) is 36.3 Å². The third-order valence-electron chi connectivity index (χ3n) is 10.2. The van der Waals surface area contributed by atoms with E-state index < -0.39 is 0 Å². The molecule has 4 aliphatic rings. The number of ether oxygens (including phenoxy) is 1. The van der Waals surface area contributed by atoms with E-state index in [0.717, 1.165) is 63.4 Å². The molecule has 1 aromatic heterocycles.